The van der Waals surface area contributed by atoms with Crippen molar-refractivity contribution in [3.8, 4) is 0 Å². The SMILES string of the molecule is CN1c2ccccc2Sc2ccc(Br)cc21. The Morgan fingerprint density at radius 2 is 1.75 bits per heavy atom. The van der Waals surface area contributed by atoms with Crippen LogP contribution in [-0.2, 0) is 0 Å². The van der Waals surface area contributed by atoms with E-state index in [2.05, 4.69) is 70.3 Å². The van der Waals surface area contributed by atoms with Crippen LogP contribution in [0, 0.1) is 0 Å². The first-order valence-electron chi connectivity index (χ1n) is 5.06. The monoisotopic (exact) mass is 291 g/mol. The smallest absolute Gasteiger partial charge is 0.0561 e. The van der Waals surface area contributed by atoms with Gasteiger partial charge >= 0.3 is 0 Å². The molecule has 0 unspecified atom stereocenters. The maximum absolute atomic E-state index is 3.52. The number of rotatable bonds is 0. The van der Waals surface area contributed by atoms with Gasteiger partial charge in [0, 0.05) is 21.3 Å². The number of para-hydroxylation sites is 1. The number of nitrogens with zero attached hydrogens (tertiary/aromatic N) is 1. The van der Waals surface area contributed by atoms with E-state index in [4.69, 9.17) is 0 Å². The van der Waals surface area contributed by atoms with Crippen molar-refractivity contribution in [3.05, 3.63) is 46.9 Å². The van der Waals surface area contributed by atoms with Crippen LogP contribution in [0.1, 0.15) is 0 Å². The fourth-order valence-corrected chi connectivity index (χ4v) is 3.39. The average Bonchev–Trinajstić information content (AvgIpc) is 2.31. The van der Waals surface area contributed by atoms with E-state index in [1.807, 2.05) is 11.8 Å². The minimum Gasteiger partial charge on any atom is -0.343 e. The molecule has 16 heavy (non-hydrogen) atoms. The van der Waals surface area contributed by atoms with Crippen LogP contribution >= 0.6 is 27.7 Å². The first kappa shape index (κ1) is 10.2. The molecule has 0 saturated heterocycles. The minimum absolute atomic E-state index is 1.12. The standard InChI is InChI=1S/C13H10BrNS/c1-15-10-4-2-3-5-12(10)16-13-7-6-9(14)8-11(13)15/h2-8H,1H3. The topological polar surface area (TPSA) is 3.24 Å². The molecule has 0 spiro atoms. The van der Waals surface area contributed by atoms with E-state index >= 15 is 0 Å². The van der Waals surface area contributed by atoms with Crippen LogP contribution in [0.2, 0.25) is 0 Å². The van der Waals surface area contributed by atoms with Crippen LogP contribution in [0.25, 0.3) is 0 Å². The van der Waals surface area contributed by atoms with Crippen molar-refractivity contribution >= 4 is 39.1 Å². The Kier molecular flexibility index (Phi) is 2.45. The first-order valence-corrected chi connectivity index (χ1v) is 6.67. The molecule has 0 aromatic heterocycles. The van der Waals surface area contributed by atoms with Crippen molar-refractivity contribution in [2.75, 3.05) is 11.9 Å². The predicted molar refractivity (Wildman–Crippen MR) is 72.8 cm³/mol. The summed E-state index contributed by atoms with van der Waals surface area (Å²) in [6.07, 6.45) is 0. The summed E-state index contributed by atoms with van der Waals surface area (Å²) in [5, 5.41) is 0. The summed E-state index contributed by atoms with van der Waals surface area (Å²) in [5.41, 5.74) is 2.54. The van der Waals surface area contributed by atoms with Gasteiger partial charge in [-0.25, -0.2) is 0 Å². The lowest BCUT2D eigenvalue weighted by Crippen LogP contribution is -2.14. The van der Waals surface area contributed by atoms with Crippen molar-refractivity contribution in [1.82, 2.24) is 0 Å². The van der Waals surface area contributed by atoms with Crippen LogP contribution in [0.3, 0.4) is 0 Å². The van der Waals surface area contributed by atoms with E-state index in [0.717, 1.165) is 4.47 Å². The third kappa shape index (κ3) is 1.55. The molecule has 1 aliphatic rings. The number of anilines is 2. The van der Waals surface area contributed by atoms with Gasteiger partial charge in [-0.2, -0.15) is 0 Å². The van der Waals surface area contributed by atoms with Gasteiger partial charge < -0.3 is 4.90 Å². The lowest BCUT2D eigenvalue weighted by molar-refractivity contribution is 1.11. The third-order valence-electron chi connectivity index (χ3n) is 2.73. The number of benzene rings is 2. The molecule has 1 nitrogen and oxygen atoms in total. The van der Waals surface area contributed by atoms with E-state index in [1.54, 1.807) is 0 Å². The predicted octanol–water partition coefficient (Wildman–Crippen LogP) is 4.68. The molecule has 2 aromatic rings. The summed E-state index contributed by atoms with van der Waals surface area (Å²) in [5.74, 6) is 0. The molecule has 2 aromatic carbocycles. The second-order valence-corrected chi connectivity index (χ2v) is 5.74. The number of hydrogen-bond donors (Lipinski definition) is 0. The molecule has 0 atom stereocenters. The van der Waals surface area contributed by atoms with Crippen molar-refractivity contribution < 1.29 is 0 Å². The van der Waals surface area contributed by atoms with Gasteiger partial charge in [0.2, 0.25) is 0 Å². The molecule has 1 heterocycles. The Bertz CT molecular complexity index is 553. The highest BCUT2D eigenvalue weighted by molar-refractivity contribution is 9.10. The van der Waals surface area contributed by atoms with E-state index in [1.165, 1.54) is 21.2 Å². The van der Waals surface area contributed by atoms with Crippen molar-refractivity contribution in [2.24, 2.45) is 0 Å². The Hall–Kier alpha value is -0.930. The van der Waals surface area contributed by atoms with Gasteiger partial charge in [-0.3, -0.25) is 0 Å². The Morgan fingerprint density at radius 1 is 1.00 bits per heavy atom. The molecular weight excluding hydrogens is 282 g/mol. The van der Waals surface area contributed by atoms with Gasteiger partial charge in [0.15, 0.2) is 0 Å². The maximum atomic E-state index is 3.52. The van der Waals surface area contributed by atoms with Gasteiger partial charge in [0.05, 0.1) is 11.4 Å². The molecule has 0 fully saturated rings. The molecule has 0 radical (unpaired) electrons. The number of hydrogen-bond acceptors (Lipinski definition) is 2. The zero-order valence-electron chi connectivity index (χ0n) is 8.77. The molecule has 1 aliphatic heterocycles. The van der Waals surface area contributed by atoms with Crippen LogP contribution in [0.5, 0.6) is 0 Å². The molecule has 3 rings (SSSR count). The second-order valence-electron chi connectivity index (χ2n) is 3.74. The van der Waals surface area contributed by atoms with Crippen LogP contribution < -0.4 is 4.90 Å². The summed E-state index contributed by atoms with van der Waals surface area (Å²) < 4.78 is 1.12. The Balaban J connectivity index is 2.19. The van der Waals surface area contributed by atoms with Crippen LogP contribution in [-0.4, -0.2) is 7.05 Å². The lowest BCUT2D eigenvalue weighted by Gasteiger charge is -2.29. The Labute approximate surface area is 108 Å². The quantitative estimate of drug-likeness (QED) is 0.693. The first-order chi connectivity index (χ1) is 7.75. The fraction of sp³-hybridized carbons (Fsp3) is 0.0769. The Morgan fingerprint density at radius 3 is 2.62 bits per heavy atom. The number of fused-ring (bicyclic) bond motifs is 2. The zero-order valence-corrected chi connectivity index (χ0v) is 11.2. The van der Waals surface area contributed by atoms with Gasteiger partial charge in [0.25, 0.3) is 0 Å². The molecule has 0 amide bonds. The van der Waals surface area contributed by atoms with E-state index in [0.29, 0.717) is 0 Å². The maximum Gasteiger partial charge on any atom is 0.0561 e. The highest BCUT2D eigenvalue weighted by Gasteiger charge is 2.19. The van der Waals surface area contributed by atoms with Crippen LogP contribution in [0.4, 0.5) is 11.4 Å². The van der Waals surface area contributed by atoms with Gasteiger partial charge in [-0.15, -0.1) is 0 Å². The van der Waals surface area contributed by atoms with Crippen molar-refractivity contribution in [1.29, 1.82) is 0 Å². The van der Waals surface area contributed by atoms with Crippen molar-refractivity contribution in [3.63, 3.8) is 0 Å². The highest BCUT2D eigenvalue weighted by atomic mass is 79.9. The molecule has 0 saturated carbocycles. The summed E-state index contributed by atoms with van der Waals surface area (Å²) in [7, 11) is 2.11. The van der Waals surface area contributed by atoms with Crippen molar-refractivity contribution in [2.45, 2.75) is 9.79 Å². The minimum atomic E-state index is 1.12. The normalized spacial score (nSPS) is 13.2. The zero-order chi connectivity index (χ0) is 11.1. The molecule has 80 valence electrons. The molecule has 0 N–H and O–H groups in total. The molecule has 3 heteroatoms. The largest absolute Gasteiger partial charge is 0.343 e. The molecular formula is C13H10BrNS. The summed E-state index contributed by atoms with van der Waals surface area (Å²) >= 11 is 5.35. The highest BCUT2D eigenvalue weighted by Crippen LogP contribution is 2.47. The molecule has 0 bridgehead atoms. The second kappa shape index (κ2) is 3.82. The van der Waals surface area contributed by atoms with E-state index in [9.17, 15) is 0 Å². The average molecular weight is 292 g/mol. The lowest BCUT2D eigenvalue weighted by atomic mass is 10.2. The van der Waals surface area contributed by atoms with Gasteiger partial charge in [0.1, 0.15) is 0 Å². The van der Waals surface area contributed by atoms with Gasteiger partial charge in [-0.05, 0) is 30.3 Å². The van der Waals surface area contributed by atoms with E-state index < -0.39 is 0 Å². The summed E-state index contributed by atoms with van der Waals surface area (Å²) in [6, 6.07) is 14.9. The van der Waals surface area contributed by atoms with Gasteiger partial charge in [-0.1, -0.05) is 39.8 Å². The van der Waals surface area contributed by atoms with Crippen LogP contribution in [0.15, 0.2) is 56.7 Å². The van der Waals surface area contributed by atoms with E-state index in [-0.39, 0.29) is 0 Å². The molecule has 0 aliphatic carbocycles. The third-order valence-corrected chi connectivity index (χ3v) is 4.35. The summed E-state index contributed by atoms with van der Waals surface area (Å²) in [6.45, 7) is 0. The summed E-state index contributed by atoms with van der Waals surface area (Å²) in [4.78, 5) is 4.87. The fourth-order valence-electron chi connectivity index (χ4n) is 1.91. The number of halogens is 1.